The van der Waals surface area contributed by atoms with Crippen LogP contribution in [0, 0.1) is 6.92 Å². The number of ether oxygens (including phenoxy) is 3. The monoisotopic (exact) mass is 385 g/mol. The molecule has 4 heteroatoms. The van der Waals surface area contributed by atoms with Crippen LogP contribution in [0.3, 0.4) is 0 Å². The van der Waals surface area contributed by atoms with Crippen LogP contribution in [0.2, 0.25) is 0 Å². The van der Waals surface area contributed by atoms with Gasteiger partial charge >= 0.3 is 0 Å². The van der Waals surface area contributed by atoms with Gasteiger partial charge in [-0.1, -0.05) is 30.3 Å². The molecule has 0 amide bonds. The first-order valence-corrected chi connectivity index (χ1v) is 9.50. The van der Waals surface area contributed by atoms with Crippen molar-refractivity contribution in [1.29, 1.82) is 0 Å². The number of hydrogen-bond donors (Lipinski definition) is 0. The Balaban J connectivity index is 1.69. The SMILES string of the molecule is COc1cc2c(Cc3cccc(Oc4ccccc4)c3)cnc(C)c2cc1OC. The van der Waals surface area contributed by atoms with E-state index in [2.05, 4.69) is 17.1 Å². The van der Waals surface area contributed by atoms with E-state index in [4.69, 9.17) is 14.2 Å². The molecule has 0 N–H and O–H groups in total. The maximum absolute atomic E-state index is 5.98. The van der Waals surface area contributed by atoms with Crippen LogP contribution in [-0.2, 0) is 6.42 Å². The fraction of sp³-hybridized carbons (Fsp3) is 0.160. The first-order valence-electron chi connectivity index (χ1n) is 9.50. The van der Waals surface area contributed by atoms with Gasteiger partial charge in [-0.15, -0.1) is 0 Å². The van der Waals surface area contributed by atoms with E-state index in [1.807, 2.05) is 67.7 Å². The van der Waals surface area contributed by atoms with Gasteiger partial charge in [0.25, 0.3) is 0 Å². The van der Waals surface area contributed by atoms with E-state index in [0.717, 1.165) is 45.5 Å². The topological polar surface area (TPSA) is 40.6 Å². The fourth-order valence-corrected chi connectivity index (χ4v) is 3.46. The van der Waals surface area contributed by atoms with Gasteiger partial charge in [-0.25, -0.2) is 0 Å². The summed E-state index contributed by atoms with van der Waals surface area (Å²) in [6, 6.07) is 22.0. The Hall–Kier alpha value is -3.53. The minimum absolute atomic E-state index is 0.709. The number of aryl methyl sites for hydroxylation is 1. The highest BCUT2D eigenvalue weighted by atomic mass is 16.5. The second-order valence-electron chi connectivity index (χ2n) is 6.86. The zero-order chi connectivity index (χ0) is 20.2. The molecule has 146 valence electrons. The van der Waals surface area contributed by atoms with E-state index in [1.54, 1.807) is 14.2 Å². The van der Waals surface area contributed by atoms with Crippen LogP contribution in [-0.4, -0.2) is 19.2 Å². The van der Waals surface area contributed by atoms with Crippen LogP contribution in [0.15, 0.2) is 72.9 Å². The Morgan fingerprint density at radius 1 is 0.759 bits per heavy atom. The van der Waals surface area contributed by atoms with Crippen molar-refractivity contribution in [2.45, 2.75) is 13.3 Å². The predicted molar refractivity (Wildman–Crippen MR) is 115 cm³/mol. The largest absolute Gasteiger partial charge is 0.493 e. The number of para-hydroxylation sites is 1. The number of nitrogens with zero attached hydrogens (tertiary/aromatic N) is 1. The van der Waals surface area contributed by atoms with Gasteiger partial charge in [-0.2, -0.15) is 0 Å². The van der Waals surface area contributed by atoms with Gasteiger partial charge in [-0.05, 0) is 66.3 Å². The minimum atomic E-state index is 0.709. The van der Waals surface area contributed by atoms with Crippen LogP contribution >= 0.6 is 0 Å². The smallest absolute Gasteiger partial charge is 0.161 e. The van der Waals surface area contributed by atoms with E-state index >= 15 is 0 Å². The molecule has 0 radical (unpaired) electrons. The summed E-state index contributed by atoms with van der Waals surface area (Å²) >= 11 is 0. The summed E-state index contributed by atoms with van der Waals surface area (Å²) in [6.45, 7) is 2.01. The molecule has 0 unspecified atom stereocenters. The summed E-state index contributed by atoms with van der Waals surface area (Å²) in [5, 5.41) is 2.18. The van der Waals surface area contributed by atoms with Crippen LogP contribution in [0.25, 0.3) is 10.8 Å². The van der Waals surface area contributed by atoms with Gasteiger partial charge in [0.05, 0.1) is 14.2 Å². The molecule has 1 aromatic heterocycles. The molecule has 0 aliphatic rings. The Kier molecular flexibility index (Phi) is 5.34. The molecule has 4 aromatic rings. The molecule has 4 nitrogen and oxygen atoms in total. The summed E-state index contributed by atoms with van der Waals surface area (Å²) in [5.74, 6) is 3.06. The highest BCUT2D eigenvalue weighted by molar-refractivity contribution is 5.90. The molecule has 3 aromatic carbocycles. The van der Waals surface area contributed by atoms with Crippen LogP contribution in [0.5, 0.6) is 23.0 Å². The van der Waals surface area contributed by atoms with Crippen molar-refractivity contribution >= 4 is 10.8 Å². The molecule has 0 bridgehead atoms. The maximum atomic E-state index is 5.98. The average Bonchev–Trinajstić information content (AvgIpc) is 2.76. The van der Waals surface area contributed by atoms with E-state index in [0.29, 0.717) is 11.5 Å². The Morgan fingerprint density at radius 2 is 1.45 bits per heavy atom. The zero-order valence-electron chi connectivity index (χ0n) is 16.8. The molecule has 0 aliphatic carbocycles. The Morgan fingerprint density at radius 3 is 2.17 bits per heavy atom. The predicted octanol–water partition coefficient (Wildman–Crippen LogP) is 5.94. The second kappa shape index (κ2) is 8.23. The van der Waals surface area contributed by atoms with E-state index in [1.165, 1.54) is 0 Å². The summed E-state index contributed by atoms with van der Waals surface area (Å²) in [5.41, 5.74) is 3.24. The number of aromatic nitrogens is 1. The van der Waals surface area contributed by atoms with Crippen LogP contribution < -0.4 is 14.2 Å². The lowest BCUT2D eigenvalue weighted by Gasteiger charge is -2.14. The van der Waals surface area contributed by atoms with Gasteiger partial charge in [0, 0.05) is 17.3 Å². The standard InChI is InChI=1S/C25H23NO3/c1-17-22-14-24(27-2)25(28-3)15-23(22)19(16-26-17)12-18-8-7-11-21(13-18)29-20-9-5-4-6-10-20/h4-11,13-16H,12H2,1-3H3. The summed E-state index contributed by atoms with van der Waals surface area (Å²) < 4.78 is 16.9. The highest BCUT2D eigenvalue weighted by Gasteiger charge is 2.12. The summed E-state index contributed by atoms with van der Waals surface area (Å²) in [7, 11) is 3.30. The van der Waals surface area contributed by atoms with Gasteiger partial charge in [-0.3, -0.25) is 4.98 Å². The van der Waals surface area contributed by atoms with E-state index < -0.39 is 0 Å². The van der Waals surface area contributed by atoms with E-state index in [-0.39, 0.29) is 0 Å². The van der Waals surface area contributed by atoms with Crippen LogP contribution in [0.4, 0.5) is 0 Å². The third kappa shape index (κ3) is 4.02. The molecule has 0 atom stereocenters. The van der Waals surface area contributed by atoms with Crippen molar-refractivity contribution in [2.75, 3.05) is 14.2 Å². The molecule has 0 fully saturated rings. The molecular formula is C25H23NO3. The number of methoxy groups -OCH3 is 2. The first-order chi connectivity index (χ1) is 14.2. The van der Waals surface area contributed by atoms with Crippen molar-refractivity contribution in [3.05, 3.63) is 89.7 Å². The van der Waals surface area contributed by atoms with Gasteiger partial charge in [0.1, 0.15) is 11.5 Å². The maximum Gasteiger partial charge on any atom is 0.161 e. The lowest BCUT2D eigenvalue weighted by atomic mass is 9.99. The number of benzene rings is 3. The Labute approximate surface area is 170 Å². The Bertz CT molecular complexity index is 1140. The quantitative estimate of drug-likeness (QED) is 0.412. The molecule has 0 spiro atoms. The van der Waals surface area contributed by atoms with E-state index in [9.17, 15) is 0 Å². The first kappa shape index (κ1) is 18.8. The fourth-order valence-electron chi connectivity index (χ4n) is 3.46. The molecule has 0 saturated heterocycles. The average molecular weight is 385 g/mol. The van der Waals surface area contributed by atoms with Crippen LogP contribution in [0.1, 0.15) is 16.8 Å². The third-order valence-electron chi connectivity index (χ3n) is 4.95. The van der Waals surface area contributed by atoms with Gasteiger partial charge < -0.3 is 14.2 Å². The van der Waals surface area contributed by atoms with Crippen molar-refractivity contribution < 1.29 is 14.2 Å². The lowest BCUT2D eigenvalue weighted by molar-refractivity contribution is 0.356. The number of hydrogen-bond acceptors (Lipinski definition) is 4. The lowest BCUT2D eigenvalue weighted by Crippen LogP contribution is -1.97. The van der Waals surface area contributed by atoms with Crippen molar-refractivity contribution in [3.8, 4) is 23.0 Å². The second-order valence-corrected chi connectivity index (χ2v) is 6.86. The number of rotatable bonds is 6. The molecule has 0 saturated carbocycles. The van der Waals surface area contributed by atoms with Crippen molar-refractivity contribution in [2.24, 2.45) is 0 Å². The zero-order valence-corrected chi connectivity index (χ0v) is 16.8. The number of fused-ring (bicyclic) bond motifs is 1. The van der Waals surface area contributed by atoms with Gasteiger partial charge in [0.2, 0.25) is 0 Å². The molecular weight excluding hydrogens is 362 g/mol. The molecule has 29 heavy (non-hydrogen) atoms. The summed E-state index contributed by atoms with van der Waals surface area (Å²) in [4.78, 5) is 4.60. The molecule has 4 rings (SSSR count). The van der Waals surface area contributed by atoms with Crippen molar-refractivity contribution in [1.82, 2.24) is 4.98 Å². The molecule has 0 aliphatic heterocycles. The third-order valence-corrected chi connectivity index (χ3v) is 4.95. The number of pyridine rings is 1. The molecule has 1 heterocycles. The highest BCUT2D eigenvalue weighted by Crippen LogP contribution is 2.35. The van der Waals surface area contributed by atoms with Crippen molar-refractivity contribution in [3.63, 3.8) is 0 Å². The minimum Gasteiger partial charge on any atom is -0.493 e. The van der Waals surface area contributed by atoms with Gasteiger partial charge in [0.15, 0.2) is 11.5 Å². The normalized spacial score (nSPS) is 10.7. The summed E-state index contributed by atoms with van der Waals surface area (Å²) in [6.07, 6.45) is 2.68.